The largest absolute Gasteiger partial charge is 0.342 e. The number of hydrogen-bond acceptors (Lipinski definition) is 3. The van der Waals surface area contributed by atoms with Crippen LogP contribution in [0.4, 0.5) is 4.39 Å². The Hall–Kier alpha value is -2.53. The second-order valence-electron chi connectivity index (χ2n) is 4.86. The van der Waals surface area contributed by atoms with Crippen LogP contribution < -0.4 is 5.73 Å². The maximum absolute atomic E-state index is 13.2. The van der Waals surface area contributed by atoms with Crippen molar-refractivity contribution in [2.45, 2.75) is 12.5 Å². The van der Waals surface area contributed by atoms with Crippen LogP contribution in [0.5, 0.6) is 0 Å². The van der Waals surface area contributed by atoms with Crippen molar-refractivity contribution in [3.63, 3.8) is 0 Å². The van der Waals surface area contributed by atoms with E-state index in [2.05, 4.69) is 15.0 Å². The average molecular weight is 282 g/mol. The molecule has 0 spiro atoms. The molecule has 2 heterocycles. The van der Waals surface area contributed by atoms with Gasteiger partial charge in [-0.3, -0.25) is 4.98 Å². The molecule has 0 aliphatic rings. The van der Waals surface area contributed by atoms with Gasteiger partial charge in [-0.15, -0.1) is 0 Å². The molecular formula is C16H15FN4. The lowest BCUT2D eigenvalue weighted by Crippen LogP contribution is -2.13. The minimum atomic E-state index is -0.371. The maximum atomic E-state index is 13.2. The van der Waals surface area contributed by atoms with E-state index in [4.69, 9.17) is 5.73 Å². The van der Waals surface area contributed by atoms with Gasteiger partial charge in [-0.1, -0.05) is 30.3 Å². The Balaban J connectivity index is 1.76. The smallest absolute Gasteiger partial charge is 0.142 e. The van der Waals surface area contributed by atoms with Gasteiger partial charge in [0.05, 0.1) is 18.1 Å². The van der Waals surface area contributed by atoms with Crippen LogP contribution in [0.15, 0.2) is 55.0 Å². The quantitative estimate of drug-likeness (QED) is 0.773. The van der Waals surface area contributed by atoms with Crippen molar-refractivity contribution in [2.75, 3.05) is 0 Å². The highest BCUT2D eigenvalue weighted by molar-refractivity contribution is 5.56. The molecular weight excluding hydrogens is 267 g/mol. The zero-order valence-corrected chi connectivity index (χ0v) is 11.3. The van der Waals surface area contributed by atoms with Crippen LogP contribution >= 0.6 is 0 Å². The van der Waals surface area contributed by atoms with Crippen molar-refractivity contribution in [2.24, 2.45) is 5.73 Å². The van der Waals surface area contributed by atoms with Crippen LogP contribution in [0, 0.1) is 5.82 Å². The average Bonchev–Trinajstić information content (AvgIpc) is 2.97. The SMILES string of the molecule is NC(Cc1ncc(-c2cncc(F)c2)[nH]1)c1ccccc1. The number of H-pyrrole nitrogens is 1. The molecule has 2 aromatic heterocycles. The third kappa shape index (κ3) is 3.14. The summed E-state index contributed by atoms with van der Waals surface area (Å²) in [5.41, 5.74) is 8.63. The number of imidazole rings is 1. The van der Waals surface area contributed by atoms with E-state index in [1.165, 1.54) is 12.3 Å². The lowest BCUT2D eigenvalue weighted by atomic mass is 10.0. The van der Waals surface area contributed by atoms with Crippen molar-refractivity contribution >= 4 is 0 Å². The molecule has 0 aliphatic heterocycles. The van der Waals surface area contributed by atoms with Gasteiger partial charge in [0, 0.05) is 24.2 Å². The van der Waals surface area contributed by atoms with Gasteiger partial charge in [-0.05, 0) is 11.6 Å². The van der Waals surface area contributed by atoms with Crippen molar-refractivity contribution in [1.82, 2.24) is 15.0 Å². The first-order valence-electron chi connectivity index (χ1n) is 6.68. The fraction of sp³-hybridized carbons (Fsp3) is 0.125. The molecule has 5 heteroatoms. The number of pyridine rings is 1. The van der Waals surface area contributed by atoms with Gasteiger partial charge in [0.25, 0.3) is 0 Å². The van der Waals surface area contributed by atoms with E-state index in [-0.39, 0.29) is 11.9 Å². The third-order valence-electron chi connectivity index (χ3n) is 3.29. The Bertz CT molecular complexity index is 724. The summed E-state index contributed by atoms with van der Waals surface area (Å²) < 4.78 is 13.2. The summed E-state index contributed by atoms with van der Waals surface area (Å²) in [6, 6.07) is 11.1. The molecule has 0 saturated heterocycles. The minimum absolute atomic E-state index is 0.129. The molecule has 1 atom stereocenters. The predicted octanol–water partition coefficient (Wildman–Crippen LogP) is 2.85. The fourth-order valence-electron chi connectivity index (χ4n) is 2.20. The van der Waals surface area contributed by atoms with E-state index in [0.717, 1.165) is 17.1 Å². The first-order chi connectivity index (χ1) is 10.2. The number of nitrogens with zero attached hydrogens (tertiary/aromatic N) is 2. The van der Waals surface area contributed by atoms with Crippen LogP contribution in [-0.2, 0) is 6.42 Å². The van der Waals surface area contributed by atoms with E-state index in [1.54, 1.807) is 12.4 Å². The van der Waals surface area contributed by atoms with E-state index in [0.29, 0.717) is 12.0 Å². The highest BCUT2D eigenvalue weighted by Crippen LogP contribution is 2.19. The third-order valence-corrected chi connectivity index (χ3v) is 3.29. The molecule has 3 N–H and O–H groups in total. The summed E-state index contributed by atoms with van der Waals surface area (Å²) >= 11 is 0. The zero-order valence-electron chi connectivity index (χ0n) is 11.3. The number of halogens is 1. The van der Waals surface area contributed by atoms with E-state index in [9.17, 15) is 4.39 Å². The molecule has 0 radical (unpaired) electrons. The van der Waals surface area contributed by atoms with E-state index < -0.39 is 0 Å². The Morgan fingerprint density at radius 3 is 2.71 bits per heavy atom. The molecule has 1 unspecified atom stereocenters. The second-order valence-corrected chi connectivity index (χ2v) is 4.86. The van der Waals surface area contributed by atoms with Gasteiger partial charge >= 0.3 is 0 Å². The van der Waals surface area contributed by atoms with Crippen LogP contribution in [0.2, 0.25) is 0 Å². The van der Waals surface area contributed by atoms with Gasteiger partial charge in [0.1, 0.15) is 11.6 Å². The monoisotopic (exact) mass is 282 g/mol. The number of aromatic amines is 1. The Morgan fingerprint density at radius 1 is 1.14 bits per heavy atom. The molecule has 4 nitrogen and oxygen atoms in total. The minimum Gasteiger partial charge on any atom is -0.342 e. The zero-order chi connectivity index (χ0) is 14.7. The number of benzene rings is 1. The van der Waals surface area contributed by atoms with Crippen molar-refractivity contribution < 1.29 is 4.39 Å². The molecule has 0 fully saturated rings. The number of aromatic nitrogens is 3. The predicted molar refractivity (Wildman–Crippen MR) is 78.9 cm³/mol. The van der Waals surface area contributed by atoms with E-state index in [1.807, 2.05) is 30.3 Å². The molecule has 0 saturated carbocycles. The van der Waals surface area contributed by atoms with E-state index >= 15 is 0 Å². The lowest BCUT2D eigenvalue weighted by Gasteiger charge is -2.09. The summed E-state index contributed by atoms with van der Waals surface area (Å²) in [5, 5.41) is 0. The molecule has 1 aromatic carbocycles. The Labute approximate surface area is 121 Å². The van der Waals surface area contributed by atoms with Gasteiger partial charge in [-0.25, -0.2) is 9.37 Å². The van der Waals surface area contributed by atoms with Crippen LogP contribution in [0.25, 0.3) is 11.3 Å². The van der Waals surface area contributed by atoms with Gasteiger partial charge in [-0.2, -0.15) is 0 Å². The fourth-order valence-corrected chi connectivity index (χ4v) is 2.20. The van der Waals surface area contributed by atoms with Gasteiger partial charge in [0.15, 0.2) is 0 Å². The van der Waals surface area contributed by atoms with Crippen LogP contribution in [0.3, 0.4) is 0 Å². The van der Waals surface area contributed by atoms with Gasteiger partial charge < -0.3 is 10.7 Å². The summed E-state index contributed by atoms with van der Waals surface area (Å²) in [6.07, 6.45) is 5.03. The number of nitrogens with one attached hydrogen (secondary N) is 1. The maximum Gasteiger partial charge on any atom is 0.142 e. The number of hydrogen-bond donors (Lipinski definition) is 2. The van der Waals surface area contributed by atoms with Gasteiger partial charge in [0.2, 0.25) is 0 Å². The first-order valence-corrected chi connectivity index (χ1v) is 6.68. The van der Waals surface area contributed by atoms with Crippen molar-refractivity contribution in [3.05, 3.63) is 72.2 Å². The van der Waals surface area contributed by atoms with Crippen molar-refractivity contribution in [1.29, 1.82) is 0 Å². The molecule has 0 bridgehead atoms. The van der Waals surface area contributed by atoms with Crippen LogP contribution in [-0.4, -0.2) is 15.0 Å². The second kappa shape index (κ2) is 5.85. The summed E-state index contributed by atoms with van der Waals surface area (Å²) in [5.74, 6) is 0.398. The van der Waals surface area contributed by atoms with Crippen molar-refractivity contribution in [3.8, 4) is 11.3 Å². The highest BCUT2D eigenvalue weighted by atomic mass is 19.1. The molecule has 0 amide bonds. The van der Waals surface area contributed by atoms with Crippen LogP contribution in [0.1, 0.15) is 17.4 Å². The molecule has 3 aromatic rings. The standard InChI is InChI=1S/C16H15FN4/c17-13-6-12(8-19-9-13)15-10-20-16(21-15)7-14(18)11-4-2-1-3-5-11/h1-6,8-10,14H,7,18H2,(H,20,21). The normalized spacial score (nSPS) is 12.3. The number of nitrogens with two attached hydrogens (primary N) is 1. The molecule has 3 rings (SSSR count). The lowest BCUT2D eigenvalue weighted by molar-refractivity contribution is 0.622. The first kappa shape index (κ1) is 13.5. The number of rotatable bonds is 4. The molecule has 106 valence electrons. The summed E-state index contributed by atoms with van der Waals surface area (Å²) in [4.78, 5) is 11.3. The summed E-state index contributed by atoms with van der Waals surface area (Å²) in [7, 11) is 0. The summed E-state index contributed by atoms with van der Waals surface area (Å²) in [6.45, 7) is 0. The highest BCUT2D eigenvalue weighted by Gasteiger charge is 2.10. The molecule has 21 heavy (non-hydrogen) atoms. The molecule has 0 aliphatic carbocycles. The Kier molecular flexibility index (Phi) is 3.75. The Morgan fingerprint density at radius 2 is 1.95 bits per heavy atom. The topological polar surface area (TPSA) is 67.6 Å².